The van der Waals surface area contributed by atoms with Crippen LogP contribution in [0.2, 0.25) is 5.02 Å². The van der Waals surface area contributed by atoms with Gasteiger partial charge in [0.25, 0.3) is 0 Å². The van der Waals surface area contributed by atoms with Crippen molar-refractivity contribution in [1.29, 1.82) is 0 Å². The lowest BCUT2D eigenvalue weighted by atomic mass is 10.2. The Bertz CT molecular complexity index is 287. The summed E-state index contributed by atoms with van der Waals surface area (Å²) in [6.07, 6.45) is 1.30. The predicted molar refractivity (Wildman–Crippen MR) is 50.7 cm³/mol. The van der Waals surface area contributed by atoms with Crippen molar-refractivity contribution in [2.24, 2.45) is 0 Å². The number of aryl methyl sites for hydroxylation is 1. The topological polar surface area (TPSA) is 31.4 Å². The van der Waals surface area contributed by atoms with Gasteiger partial charge in [-0.2, -0.15) is 0 Å². The summed E-state index contributed by atoms with van der Waals surface area (Å²) in [6, 6.07) is 1.79. The van der Waals surface area contributed by atoms with Gasteiger partial charge in [-0.15, -0.1) is 0 Å². The first kappa shape index (κ1) is 10.4. The van der Waals surface area contributed by atoms with Crippen LogP contribution < -0.4 is 0 Å². The minimum atomic E-state index is -0.398. The van der Waals surface area contributed by atoms with Crippen LogP contribution in [0.25, 0.3) is 0 Å². The summed E-state index contributed by atoms with van der Waals surface area (Å²) < 4.78 is 10.1. The molecule has 0 aliphatic carbocycles. The Morgan fingerprint density at radius 2 is 2.00 bits per heavy atom. The fourth-order valence-corrected chi connectivity index (χ4v) is 1.19. The maximum atomic E-state index is 5.90. The summed E-state index contributed by atoms with van der Waals surface area (Å²) in [5.74, 6) is 0. The Labute approximate surface area is 82.6 Å². The zero-order valence-electron chi connectivity index (χ0n) is 7.87. The highest BCUT2D eigenvalue weighted by atomic mass is 35.5. The molecular weight excluding hydrogens is 190 g/mol. The Morgan fingerprint density at radius 1 is 1.38 bits per heavy atom. The Balaban J connectivity index is 2.95. The van der Waals surface area contributed by atoms with Crippen molar-refractivity contribution in [3.8, 4) is 0 Å². The number of hydrogen-bond donors (Lipinski definition) is 0. The molecule has 0 atom stereocenters. The highest BCUT2D eigenvalue weighted by molar-refractivity contribution is 6.31. The molecule has 13 heavy (non-hydrogen) atoms. The summed E-state index contributed by atoms with van der Waals surface area (Å²) in [5.41, 5.74) is 1.62. The Hall–Kier alpha value is -0.640. The second kappa shape index (κ2) is 4.56. The first-order valence-corrected chi connectivity index (χ1v) is 4.24. The molecule has 0 saturated carbocycles. The normalized spacial score (nSPS) is 10.8. The maximum Gasteiger partial charge on any atom is 0.184 e. The standard InChI is InChI=1S/C9H12ClNO2/c1-6-8(10)4-7(5-11-6)9(12-2)13-3/h4-5,9H,1-3H3. The van der Waals surface area contributed by atoms with E-state index in [4.69, 9.17) is 21.1 Å². The van der Waals surface area contributed by atoms with Crippen LogP contribution in [0.1, 0.15) is 17.5 Å². The second-order valence-corrected chi connectivity index (χ2v) is 3.05. The lowest BCUT2D eigenvalue weighted by molar-refractivity contribution is -0.106. The molecule has 3 nitrogen and oxygen atoms in total. The van der Waals surface area contributed by atoms with Crippen molar-refractivity contribution in [3.63, 3.8) is 0 Å². The Morgan fingerprint density at radius 3 is 2.46 bits per heavy atom. The number of rotatable bonds is 3. The third kappa shape index (κ3) is 2.40. The molecule has 0 unspecified atom stereocenters. The van der Waals surface area contributed by atoms with Crippen LogP contribution in [0.4, 0.5) is 0 Å². The summed E-state index contributed by atoms with van der Waals surface area (Å²) in [4.78, 5) is 4.10. The zero-order valence-corrected chi connectivity index (χ0v) is 8.63. The van der Waals surface area contributed by atoms with E-state index in [1.807, 2.05) is 6.92 Å². The van der Waals surface area contributed by atoms with Gasteiger partial charge in [0.1, 0.15) is 0 Å². The number of pyridine rings is 1. The van der Waals surface area contributed by atoms with Gasteiger partial charge in [-0.1, -0.05) is 11.6 Å². The smallest absolute Gasteiger partial charge is 0.184 e. The van der Waals surface area contributed by atoms with Crippen molar-refractivity contribution < 1.29 is 9.47 Å². The first-order valence-electron chi connectivity index (χ1n) is 3.86. The van der Waals surface area contributed by atoms with E-state index in [2.05, 4.69) is 4.98 Å². The van der Waals surface area contributed by atoms with Gasteiger partial charge >= 0.3 is 0 Å². The van der Waals surface area contributed by atoms with Gasteiger partial charge in [-0.25, -0.2) is 0 Å². The van der Waals surface area contributed by atoms with E-state index in [1.54, 1.807) is 26.5 Å². The van der Waals surface area contributed by atoms with Gasteiger partial charge in [0.15, 0.2) is 6.29 Å². The molecule has 1 rings (SSSR count). The minimum absolute atomic E-state index is 0.398. The molecule has 0 fully saturated rings. The highest BCUT2D eigenvalue weighted by Gasteiger charge is 2.10. The van der Waals surface area contributed by atoms with Gasteiger partial charge in [-0.3, -0.25) is 4.98 Å². The zero-order chi connectivity index (χ0) is 9.84. The van der Waals surface area contributed by atoms with Crippen molar-refractivity contribution in [2.75, 3.05) is 14.2 Å². The average Bonchev–Trinajstić information content (AvgIpc) is 2.13. The number of hydrogen-bond acceptors (Lipinski definition) is 3. The number of halogens is 1. The van der Waals surface area contributed by atoms with E-state index in [-0.39, 0.29) is 0 Å². The molecule has 1 heterocycles. The Kier molecular flexibility index (Phi) is 3.66. The highest BCUT2D eigenvalue weighted by Crippen LogP contribution is 2.21. The van der Waals surface area contributed by atoms with Crippen LogP contribution in [-0.4, -0.2) is 19.2 Å². The lowest BCUT2D eigenvalue weighted by Crippen LogP contribution is -2.04. The second-order valence-electron chi connectivity index (χ2n) is 2.64. The van der Waals surface area contributed by atoms with E-state index < -0.39 is 6.29 Å². The molecule has 0 saturated heterocycles. The molecule has 1 aromatic rings. The van der Waals surface area contributed by atoms with Crippen molar-refractivity contribution >= 4 is 11.6 Å². The molecule has 0 amide bonds. The van der Waals surface area contributed by atoms with Crippen molar-refractivity contribution in [2.45, 2.75) is 13.2 Å². The molecule has 0 radical (unpaired) electrons. The van der Waals surface area contributed by atoms with Crippen LogP contribution in [-0.2, 0) is 9.47 Å². The number of methoxy groups -OCH3 is 2. The largest absolute Gasteiger partial charge is 0.352 e. The number of nitrogens with zero attached hydrogens (tertiary/aromatic N) is 1. The van der Waals surface area contributed by atoms with Gasteiger partial charge < -0.3 is 9.47 Å². The molecule has 0 aromatic carbocycles. The molecule has 0 N–H and O–H groups in total. The molecule has 0 bridgehead atoms. The summed E-state index contributed by atoms with van der Waals surface area (Å²) >= 11 is 5.90. The van der Waals surface area contributed by atoms with Crippen LogP contribution in [0.5, 0.6) is 0 Å². The SMILES string of the molecule is COC(OC)c1cnc(C)c(Cl)c1. The predicted octanol–water partition coefficient (Wildman–Crippen LogP) is 2.33. The van der Waals surface area contributed by atoms with Gasteiger partial charge in [-0.05, 0) is 13.0 Å². The minimum Gasteiger partial charge on any atom is -0.352 e. The van der Waals surface area contributed by atoms with Crippen molar-refractivity contribution in [3.05, 3.63) is 28.5 Å². The first-order chi connectivity index (χ1) is 6.19. The van der Waals surface area contributed by atoms with Crippen LogP contribution in [0.3, 0.4) is 0 Å². The van der Waals surface area contributed by atoms with Crippen LogP contribution in [0.15, 0.2) is 12.3 Å². The molecule has 0 spiro atoms. The molecule has 0 aliphatic heterocycles. The van der Waals surface area contributed by atoms with Crippen LogP contribution in [0, 0.1) is 6.92 Å². The average molecular weight is 202 g/mol. The van der Waals surface area contributed by atoms with E-state index in [9.17, 15) is 0 Å². The summed E-state index contributed by atoms with van der Waals surface area (Å²) in [7, 11) is 3.14. The van der Waals surface area contributed by atoms with E-state index in [0.717, 1.165) is 11.3 Å². The van der Waals surface area contributed by atoms with Gasteiger partial charge in [0, 0.05) is 26.0 Å². The quantitative estimate of drug-likeness (QED) is 0.704. The van der Waals surface area contributed by atoms with E-state index >= 15 is 0 Å². The molecule has 72 valence electrons. The third-order valence-electron chi connectivity index (χ3n) is 1.75. The monoisotopic (exact) mass is 201 g/mol. The lowest BCUT2D eigenvalue weighted by Gasteiger charge is -2.13. The fraction of sp³-hybridized carbons (Fsp3) is 0.444. The van der Waals surface area contributed by atoms with E-state index in [1.165, 1.54) is 0 Å². The van der Waals surface area contributed by atoms with Gasteiger partial charge in [0.05, 0.1) is 10.7 Å². The maximum absolute atomic E-state index is 5.90. The fourth-order valence-electron chi connectivity index (χ4n) is 1.02. The van der Waals surface area contributed by atoms with Crippen LogP contribution >= 0.6 is 11.6 Å². The summed E-state index contributed by atoms with van der Waals surface area (Å²) in [5, 5.41) is 0.622. The molecule has 1 aromatic heterocycles. The molecule has 4 heteroatoms. The molecular formula is C9H12ClNO2. The van der Waals surface area contributed by atoms with E-state index in [0.29, 0.717) is 5.02 Å². The number of ether oxygens (including phenoxy) is 2. The summed E-state index contributed by atoms with van der Waals surface area (Å²) in [6.45, 7) is 1.85. The number of aromatic nitrogens is 1. The third-order valence-corrected chi connectivity index (χ3v) is 2.13. The van der Waals surface area contributed by atoms with Gasteiger partial charge in [0.2, 0.25) is 0 Å². The molecule has 0 aliphatic rings. The van der Waals surface area contributed by atoms with Crippen molar-refractivity contribution in [1.82, 2.24) is 4.98 Å².